The molecule has 0 fully saturated rings. The number of benzene rings is 5. The zero-order valence-electron chi connectivity index (χ0n) is 23.5. The number of allylic oxidation sites excluding steroid dienone is 2. The van der Waals surface area contributed by atoms with Gasteiger partial charge in [0.1, 0.15) is 11.1 Å². The van der Waals surface area contributed by atoms with Crippen LogP contribution in [0, 0.1) is 6.92 Å². The van der Waals surface area contributed by atoms with Gasteiger partial charge in [-0.3, -0.25) is 0 Å². The highest BCUT2D eigenvalue weighted by molar-refractivity contribution is 7.19. The highest BCUT2D eigenvalue weighted by Crippen LogP contribution is 2.37. The maximum absolute atomic E-state index is 6.08. The molecule has 3 nitrogen and oxygen atoms in total. The van der Waals surface area contributed by atoms with E-state index in [1.807, 2.05) is 47.7 Å². The van der Waals surface area contributed by atoms with Gasteiger partial charge >= 0.3 is 0 Å². The fourth-order valence-electron chi connectivity index (χ4n) is 5.84. The first-order chi connectivity index (χ1) is 21.1. The average molecular weight is 571 g/mol. The lowest BCUT2D eigenvalue weighted by Gasteiger charge is -2.08. The van der Waals surface area contributed by atoms with Gasteiger partial charge in [-0.15, -0.1) is 11.3 Å². The maximum atomic E-state index is 6.08. The number of para-hydroxylation sites is 2. The summed E-state index contributed by atoms with van der Waals surface area (Å²) in [7, 11) is 0. The molecule has 43 heavy (non-hydrogen) atoms. The molecule has 0 unspecified atom stereocenters. The van der Waals surface area contributed by atoms with E-state index in [-0.39, 0.29) is 0 Å². The minimum Gasteiger partial charge on any atom is -0.436 e. The summed E-state index contributed by atoms with van der Waals surface area (Å²) in [6, 6.07) is 40.1. The second-order valence-corrected chi connectivity index (χ2v) is 12.0. The molecule has 0 aliphatic heterocycles. The van der Waals surface area contributed by atoms with Crippen molar-refractivity contribution in [3.05, 3.63) is 144 Å². The smallest absolute Gasteiger partial charge is 0.246 e. The van der Waals surface area contributed by atoms with E-state index in [2.05, 4.69) is 105 Å². The molecule has 0 N–H and O–H groups in total. The van der Waals surface area contributed by atoms with Gasteiger partial charge < -0.3 is 4.42 Å². The molecule has 3 heterocycles. The molecule has 0 radical (unpaired) electrons. The van der Waals surface area contributed by atoms with Crippen molar-refractivity contribution in [2.24, 2.45) is 0 Å². The summed E-state index contributed by atoms with van der Waals surface area (Å²) < 4.78 is 7.37. The summed E-state index contributed by atoms with van der Waals surface area (Å²) in [5.74, 6) is 0. The van der Waals surface area contributed by atoms with Gasteiger partial charge in [-0.05, 0) is 94.4 Å². The van der Waals surface area contributed by atoms with Crippen molar-refractivity contribution < 1.29 is 4.42 Å². The van der Waals surface area contributed by atoms with E-state index in [1.54, 1.807) is 0 Å². The van der Waals surface area contributed by atoms with Crippen molar-refractivity contribution in [1.82, 2.24) is 9.97 Å². The van der Waals surface area contributed by atoms with Gasteiger partial charge in [0.15, 0.2) is 0 Å². The zero-order valence-corrected chi connectivity index (χ0v) is 24.4. The normalized spacial score (nSPS) is 12.1. The van der Waals surface area contributed by atoms with Gasteiger partial charge in [0.25, 0.3) is 0 Å². The first-order valence-electron chi connectivity index (χ1n) is 14.3. The lowest BCUT2D eigenvalue weighted by Crippen LogP contribution is -1.86. The topological polar surface area (TPSA) is 38.9 Å². The van der Waals surface area contributed by atoms with E-state index in [1.165, 1.54) is 31.7 Å². The fourth-order valence-corrected chi connectivity index (χ4v) is 6.86. The first-order valence-corrected chi connectivity index (χ1v) is 15.1. The van der Waals surface area contributed by atoms with Crippen LogP contribution in [-0.2, 0) is 0 Å². The summed E-state index contributed by atoms with van der Waals surface area (Å²) in [6.07, 6.45) is 4.24. The zero-order chi connectivity index (χ0) is 28.9. The Labute approximate surface area is 253 Å². The number of hydrogen-bond donors (Lipinski definition) is 0. The van der Waals surface area contributed by atoms with Gasteiger partial charge in [0.2, 0.25) is 5.71 Å². The van der Waals surface area contributed by atoms with Crippen LogP contribution in [0.3, 0.4) is 0 Å². The predicted molar refractivity (Wildman–Crippen MR) is 182 cm³/mol. The van der Waals surface area contributed by atoms with E-state index in [9.17, 15) is 0 Å². The van der Waals surface area contributed by atoms with Gasteiger partial charge in [0, 0.05) is 20.3 Å². The van der Waals surface area contributed by atoms with Crippen molar-refractivity contribution in [3.63, 3.8) is 0 Å². The molecule has 4 heteroatoms. The van der Waals surface area contributed by atoms with E-state index in [0.717, 1.165) is 49.8 Å². The Morgan fingerprint density at radius 3 is 2.23 bits per heavy atom. The van der Waals surface area contributed by atoms with Crippen LogP contribution < -0.4 is 0 Å². The number of fused-ring (bicyclic) bond motifs is 5. The van der Waals surface area contributed by atoms with Crippen LogP contribution in [-0.4, -0.2) is 9.97 Å². The van der Waals surface area contributed by atoms with Crippen LogP contribution >= 0.6 is 11.3 Å². The maximum Gasteiger partial charge on any atom is 0.246 e. The monoisotopic (exact) mass is 570 g/mol. The summed E-state index contributed by atoms with van der Waals surface area (Å²) >= 11 is 1.83. The molecule has 0 bridgehead atoms. The van der Waals surface area contributed by atoms with Crippen LogP contribution in [0.25, 0.3) is 77.2 Å². The average Bonchev–Trinajstić information content (AvgIpc) is 3.57. The molecular formula is C39H26N2OS. The third kappa shape index (κ3) is 4.44. The van der Waals surface area contributed by atoms with Gasteiger partial charge in [-0.25, -0.2) is 9.97 Å². The Hall–Kier alpha value is -5.32. The molecule has 8 aromatic rings. The molecule has 3 aromatic heterocycles. The van der Waals surface area contributed by atoms with Crippen LogP contribution in [0.4, 0.5) is 0 Å². The first kappa shape index (κ1) is 25.4. The highest BCUT2D eigenvalue weighted by Gasteiger charge is 2.14. The largest absolute Gasteiger partial charge is 0.436 e. The van der Waals surface area contributed by atoms with Crippen LogP contribution in [0.15, 0.2) is 132 Å². The second-order valence-electron chi connectivity index (χ2n) is 10.7. The lowest BCUT2D eigenvalue weighted by molar-refractivity contribution is 0.655. The third-order valence-corrected chi connectivity index (χ3v) is 9.15. The Bertz CT molecular complexity index is 2380. The fraction of sp³-hybridized carbons (Fsp3) is 0.0256. The molecule has 0 saturated heterocycles. The molecule has 8 rings (SSSR count). The van der Waals surface area contributed by atoms with Gasteiger partial charge in [-0.1, -0.05) is 85.5 Å². The van der Waals surface area contributed by atoms with Crippen LogP contribution in [0.2, 0.25) is 0 Å². The van der Waals surface area contributed by atoms with Crippen molar-refractivity contribution in [2.75, 3.05) is 0 Å². The van der Waals surface area contributed by atoms with Crippen molar-refractivity contribution in [3.8, 4) is 22.3 Å². The summed E-state index contributed by atoms with van der Waals surface area (Å²) in [4.78, 5) is 10.9. The number of rotatable bonds is 5. The Balaban J connectivity index is 1.21. The molecule has 5 aromatic carbocycles. The predicted octanol–water partition coefficient (Wildman–Crippen LogP) is 11.1. The molecule has 0 aliphatic carbocycles. The Morgan fingerprint density at radius 1 is 0.698 bits per heavy atom. The van der Waals surface area contributed by atoms with Crippen molar-refractivity contribution in [1.29, 1.82) is 0 Å². The third-order valence-electron chi connectivity index (χ3n) is 8.05. The van der Waals surface area contributed by atoms with Gasteiger partial charge in [-0.2, -0.15) is 0 Å². The lowest BCUT2D eigenvalue weighted by atomic mass is 9.96. The Morgan fingerprint density at radius 2 is 1.40 bits per heavy atom. The number of furan rings is 1. The van der Waals surface area contributed by atoms with E-state index < -0.39 is 0 Å². The number of hydrogen-bond acceptors (Lipinski definition) is 4. The number of nitrogens with zero attached hydrogens (tertiary/aromatic N) is 2. The molecule has 0 saturated carbocycles. The van der Waals surface area contributed by atoms with Gasteiger partial charge in [0.05, 0.1) is 11.0 Å². The van der Waals surface area contributed by atoms with Crippen LogP contribution in [0.5, 0.6) is 0 Å². The molecular weight excluding hydrogens is 545 g/mol. The minimum atomic E-state index is 0.560. The van der Waals surface area contributed by atoms with Crippen molar-refractivity contribution in [2.45, 2.75) is 6.92 Å². The second kappa shape index (κ2) is 10.2. The number of aromatic nitrogens is 2. The van der Waals surface area contributed by atoms with Crippen LogP contribution in [0.1, 0.15) is 16.0 Å². The van der Waals surface area contributed by atoms with E-state index >= 15 is 0 Å². The highest BCUT2D eigenvalue weighted by atomic mass is 32.1. The molecule has 0 spiro atoms. The number of thiophene rings is 1. The minimum absolute atomic E-state index is 0.560. The molecule has 0 aliphatic rings. The van der Waals surface area contributed by atoms with Crippen molar-refractivity contribution >= 4 is 66.3 Å². The van der Waals surface area contributed by atoms with E-state index in [4.69, 9.17) is 14.4 Å². The molecule has 0 atom stereocenters. The standard InChI is InChI=1S/C39H26N2OS/c1-3-25(21-31-24(2)43-37-19-17-29(22-32(31)37)26-10-5-4-6-11-26)27-12-9-13-28(20-27)30-16-18-36-33(23-30)38-39(42-36)41-35-15-8-7-14-34(35)40-38/h3-23H,1H2,2H3/b25-21+. The number of aryl methyl sites for hydroxylation is 1. The van der Waals surface area contributed by atoms with E-state index in [0.29, 0.717) is 5.71 Å². The summed E-state index contributed by atoms with van der Waals surface area (Å²) in [6.45, 7) is 6.40. The quantitative estimate of drug-likeness (QED) is 0.193. The molecule has 0 amide bonds. The SMILES string of the molecule is C=C/C(=C\c1c(C)sc2ccc(-c3ccccc3)cc12)c1cccc(-c2ccc3oc4nc5ccccc5nc4c3c2)c1. The summed E-state index contributed by atoms with van der Waals surface area (Å²) in [5.41, 5.74) is 11.9. The molecule has 204 valence electrons. The Kier molecular flexibility index (Phi) is 6.02. The summed E-state index contributed by atoms with van der Waals surface area (Å²) in [5, 5.41) is 2.23.